The Bertz CT molecular complexity index is 1440. The number of aliphatic hydroxyl groups is 1. The molecule has 10 heteroatoms. The van der Waals surface area contributed by atoms with Gasteiger partial charge in [-0.25, -0.2) is 4.98 Å². The van der Waals surface area contributed by atoms with Crippen molar-refractivity contribution >= 4 is 16.9 Å². The second-order valence-electron chi connectivity index (χ2n) is 10.7. The van der Waals surface area contributed by atoms with E-state index in [4.69, 9.17) is 24.1 Å². The van der Waals surface area contributed by atoms with Gasteiger partial charge in [0.05, 0.1) is 43.2 Å². The molecule has 0 spiro atoms. The molecule has 2 aromatic carbocycles. The average Bonchev–Trinajstić information content (AvgIpc) is 3.54. The second kappa shape index (κ2) is 14.4. The molecule has 224 valence electrons. The van der Waals surface area contributed by atoms with E-state index in [9.17, 15) is 4.79 Å². The maximum Gasteiger partial charge on any atom is 0.220 e. The molecule has 2 N–H and O–H groups in total. The number of imidazole rings is 1. The van der Waals surface area contributed by atoms with Crippen LogP contribution in [0.2, 0.25) is 0 Å². The lowest BCUT2D eigenvalue weighted by molar-refractivity contribution is -0.121. The lowest BCUT2D eigenvalue weighted by Crippen LogP contribution is -2.38. The molecule has 0 radical (unpaired) electrons. The number of aryl methyl sites for hydroxylation is 4. The Kier molecular flexibility index (Phi) is 10.2. The number of benzene rings is 2. The molecule has 4 aromatic rings. The van der Waals surface area contributed by atoms with E-state index in [-0.39, 0.29) is 19.1 Å². The largest absolute Gasteiger partial charge is 0.494 e. The standard InChI is InChI=1S/C32H41N5O5/c1-23-32(24(2)42-35-23)26-8-11-29-28(22-26)34-30(37(29)15-14-36-16-20-40-21-17-36)12-7-25-5-9-27(10-6-25)41-19-3-4-31(39)33-13-18-38/h5-6,8-11,22,38H,3-4,7,12-21H2,1-2H3,(H,33,39). The molecule has 5 rings (SSSR count). The number of nitrogens with one attached hydrogen (secondary N) is 1. The predicted octanol–water partition coefficient (Wildman–Crippen LogP) is 3.69. The van der Waals surface area contributed by atoms with Crippen molar-refractivity contribution in [2.24, 2.45) is 0 Å². The maximum atomic E-state index is 11.6. The number of carbonyl (C=O) groups excluding carboxylic acids is 1. The molecule has 1 aliphatic heterocycles. The summed E-state index contributed by atoms with van der Waals surface area (Å²) in [4.78, 5) is 19.2. The Labute approximate surface area is 246 Å². The third-order valence-electron chi connectivity index (χ3n) is 7.70. The van der Waals surface area contributed by atoms with E-state index in [1.165, 1.54) is 5.56 Å². The maximum absolute atomic E-state index is 11.6. The highest BCUT2D eigenvalue weighted by Gasteiger charge is 2.17. The normalized spacial score (nSPS) is 14.0. The molecule has 1 amide bonds. The van der Waals surface area contributed by atoms with Gasteiger partial charge in [-0.2, -0.15) is 0 Å². The van der Waals surface area contributed by atoms with Crippen molar-refractivity contribution in [2.75, 3.05) is 52.6 Å². The zero-order valence-corrected chi connectivity index (χ0v) is 24.6. The number of aromatic nitrogens is 3. The summed E-state index contributed by atoms with van der Waals surface area (Å²) in [6.45, 7) is 9.96. The Morgan fingerprint density at radius 3 is 2.62 bits per heavy atom. The fourth-order valence-electron chi connectivity index (χ4n) is 5.45. The fraction of sp³-hybridized carbons (Fsp3) is 0.469. The number of hydrogen-bond acceptors (Lipinski definition) is 8. The number of hydrogen-bond donors (Lipinski definition) is 2. The van der Waals surface area contributed by atoms with E-state index in [0.717, 1.165) is 97.4 Å². The van der Waals surface area contributed by atoms with Crippen LogP contribution in [0.3, 0.4) is 0 Å². The number of rotatable bonds is 14. The second-order valence-corrected chi connectivity index (χ2v) is 10.7. The topological polar surface area (TPSA) is 115 Å². The molecule has 3 heterocycles. The van der Waals surface area contributed by atoms with E-state index < -0.39 is 0 Å². The molecule has 0 aliphatic carbocycles. The van der Waals surface area contributed by atoms with E-state index in [2.05, 4.69) is 50.3 Å². The lowest BCUT2D eigenvalue weighted by atomic mass is 10.0. The van der Waals surface area contributed by atoms with Crippen LogP contribution in [-0.2, 0) is 28.9 Å². The minimum atomic E-state index is -0.0705. The van der Waals surface area contributed by atoms with Crippen molar-refractivity contribution in [3.8, 4) is 16.9 Å². The van der Waals surface area contributed by atoms with E-state index in [1.54, 1.807) is 0 Å². The van der Waals surface area contributed by atoms with Crippen LogP contribution in [0.5, 0.6) is 5.75 Å². The van der Waals surface area contributed by atoms with Gasteiger partial charge in [-0.1, -0.05) is 23.4 Å². The Hall–Kier alpha value is -3.73. The molecule has 0 unspecified atom stereocenters. The Balaban J connectivity index is 1.25. The number of fused-ring (bicyclic) bond motifs is 1. The first-order valence-electron chi connectivity index (χ1n) is 14.8. The average molecular weight is 576 g/mol. The number of nitrogens with zero attached hydrogens (tertiary/aromatic N) is 4. The van der Waals surface area contributed by atoms with Crippen LogP contribution in [0.15, 0.2) is 47.0 Å². The molecule has 1 saturated heterocycles. The highest BCUT2D eigenvalue weighted by molar-refractivity contribution is 5.83. The van der Waals surface area contributed by atoms with Crippen molar-refractivity contribution in [3.63, 3.8) is 0 Å². The molecule has 0 saturated carbocycles. The van der Waals surface area contributed by atoms with Crippen LogP contribution >= 0.6 is 0 Å². The number of morpholine rings is 1. The molecule has 0 bridgehead atoms. The molecule has 1 fully saturated rings. The van der Waals surface area contributed by atoms with Crippen LogP contribution in [0.25, 0.3) is 22.2 Å². The van der Waals surface area contributed by atoms with Gasteiger partial charge < -0.3 is 29.0 Å². The van der Waals surface area contributed by atoms with Crippen molar-refractivity contribution in [2.45, 2.75) is 46.1 Å². The molecule has 42 heavy (non-hydrogen) atoms. The number of amides is 1. The zero-order chi connectivity index (χ0) is 29.3. The third kappa shape index (κ3) is 7.56. The van der Waals surface area contributed by atoms with Crippen molar-refractivity contribution in [1.82, 2.24) is 24.9 Å². The molecule has 10 nitrogen and oxygen atoms in total. The highest BCUT2D eigenvalue weighted by Crippen LogP contribution is 2.30. The quantitative estimate of drug-likeness (QED) is 0.219. The van der Waals surface area contributed by atoms with Gasteiger partial charge in [-0.05, 0) is 62.1 Å². The van der Waals surface area contributed by atoms with Crippen molar-refractivity contribution < 1.29 is 23.9 Å². The first kappa shape index (κ1) is 29.8. The van der Waals surface area contributed by atoms with E-state index in [1.807, 2.05) is 26.0 Å². The SMILES string of the molecule is Cc1noc(C)c1-c1ccc2c(c1)nc(CCc1ccc(OCCCC(=O)NCCO)cc1)n2CCN1CCOCC1. The summed E-state index contributed by atoms with van der Waals surface area (Å²) in [6.07, 6.45) is 2.69. The Morgan fingerprint density at radius 1 is 1.07 bits per heavy atom. The monoisotopic (exact) mass is 575 g/mol. The lowest BCUT2D eigenvalue weighted by Gasteiger charge is -2.27. The van der Waals surface area contributed by atoms with Crippen molar-refractivity contribution in [3.05, 3.63) is 65.3 Å². The van der Waals surface area contributed by atoms with Crippen LogP contribution in [0.1, 0.15) is 35.7 Å². The van der Waals surface area contributed by atoms with Crippen LogP contribution in [-0.4, -0.2) is 83.2 Å². The summed E-state index contributed by atoms with van der Waals surface area (Å²) in [5.41, 5.74) is 6.34. The third-order valence-corrected chi connectivity index (χ3v) is 7.70. The van der Waals surface area contributed by atoms with Crippen LogP contribution in [0, 0.1) is 13.8 Å². The zero-order valence-electron chi connectivity index (χ0n) is 24.6. The summed E-state index contributed by atoms with van der Waals surface area (Å²) < 4.78 is 19.1. The first-order chi connectivity index (χ1) is 20.5. The minimum absolute atomic E-state index is 0.0499. The van der Waals surface area contributed by atoms with Crippen LogP contribution in [0.4, 0.5) is 0 Å². The number of carbonyl (C=O) groups is 1. The molecular formula is C32H41N5O5. The molecule has 2 aromatic heterocycles. The molecule has 0 atom stereocenters. The van der Waals surface area contributed by atoms with Gasteiger partial charge in [0, 0.05) is 51.1 Å². The number of aliphatic hydroxyl groups excluding tert-OH is 1. The van der Waals surface area contributed by atoms with E-state index in [0.29, 0.717) is 19.4 Å². The smallest absolute Gasteiger partial charge is 0.220 e. The highest BCUT2D eigenvalue weighted by atomic mass is 16.5. The van der Waals surface area contributed by atoms with Crippen molar-refractivity contribution in [1.29, 1.82) is 0 Å². The van der Waals surface area contributed by atoms with Gasteiger partial charge in [0.2, 0.25) is 5.91 Å². The fourth-order valence-corrected chi connectivity index (χ4v) is 5.45. The summed E-state index contributed by atoms with van der Waals surface area (Å²) >= 11 is 0. The van der Waals surface area contributed by atoms with Gasteiger partial charge >= 0.3 is 0 Å². The van der Waals surface area contributed by atoms with Gasteiger partial charge in [-0.3, -0.25) is 9.69 Å². The van der Waals surface area contributed by atoms with E-state index >= 15 is 0 Å². The van der Waals surface area contributed by atoms with Gasteiger partial charge in [0.1, 0.15) is 17.3 Å². The summed E-state index contributed by atoms with van der Waals surface area (Å²) in [6, 6.07) is 14.6. The van der Waals surface area contributed by atoms with Gasteiger partial charge in [0.25, 0.3) is 0 Å². The summed E-state index contributed by atoms with van der Waals surface area (Å²) in [5, 5.41) is 15.6. The molecular weight excluding hydrogens is 534 g/mol. The van der Waals surface area contributed by atoms with Crippen LogP contribution < -0.4 is 10.1 Å². The first-order valence-corrected chi connectivity index (χ1v) is 14.8. The summed E-state index contributed by atoms with van der Waals surface area (Å²) in [7, 11) is 0. The number of ether oxygens (including phenoxy) is 2. The minimum Gasteiger partial charge on any atom is -0.494 e. The predicted molar refractivity (Wildman–Crippen MR) is 161 cm³/mol. The van der Waals surface area contributed by atoms with Gasteiger partial charge in [-0.15, -0.1) is 0 Å². The summed E-state index contributed by atoms with van der Waals surface area (Å²) in [5.74, 6) is 2.61. The molecule has 1 aliphatic rings. The Morgan fingerprint density at radius 2 is 1.88 bits per heavy atom. The van der Waals surface area contributed by atoms with Gasteiger partial charge in [0.15, 0.2) is 0 Å².